The second kappa shape index (κ2) is 6.62. The number of unbranched alkanes of at least 4 members (excludes halogenated alkanes) is 1. The zero-order valence-electron chi connectivity index (χ0n) is 10.4. The van der Waals surface area contributed by atoms with E-state index in [1.54, 1.807) is 4.98 Å². The smallest absolute Gasteiger partial charge is 0.336 e. The van der Waals surface area contributed by atoms with E-state index in [0.29, 0.717) is 30.0 Å². The first kappa shape index (κ1) is 14.8. The Morgan fingerprint density at radius 1 is 1.37 bits per heavy atom. The van der Waals surface area contributed by atoms with E-state index in [1.165, 1.54) is 6.92 Å². The Kier molecular flexibility index (Phi) is 5.16. The summed E-state index contributed by atoms with van der Waals surface area (Å²) in [5.74, 6) is -1.16. The van der Waals surface area contributed by atoms with E-state index in [-0.39, 0.29) is 12.3 Å². The third kappa shape index (κ3) is 4.49. The average Bonchev–Trinajstić information content (AvgIpc) is 2.32. The second-order valence-corrected chi connectivity index (χ2v) is 4.00. The van der Waals surface area contributed by atoms with Gasteiger partial charge in [-0.25, -0.2) is 14.2 Å². The number of amides is 1. The predicted molar refractivity (Wildman–Crippen MR) is 64.6 cm³/mol. The van der Waals surface area contributed by atoms with Gasteiger partial charge in [-0.3, -0.25) is 9.78 Å². The molecule has 0 saturated heterocycles. The number of hydrogen-bond donors (Lipinski definition) is 2. The van der Waals surface area contributed by atoms with E-state index >= 15 is 0 Å². The van der Waals surface area contributed by atoms with Gasteiger partial charge in [-0.15, -0.1) is 0 Å². The monoisotopic (exact) mass is 271 g/mol. The molecule has 1 aromatic heterocycles. The molecule has 2 N–H and O–H groups in total. The number of carbonyl (C=O) groups is 2. The summed E-state index contributed by atoms with van der Waals surface area (Å²) < 4.78 is 13.4. The largest absolute Gasteiger partial charge is 0.337 e. The zero-order valence-corrected chi connectivity index (χ0v) is 10.4. The Balaban J connectivity index is 2.55. The Morgan fingerprint density at radius 2 is 2.05 bits per heavy atom. The number of ketones is 1. The van der Waals surface area contributed by atoms with Crippen molar-refractivity contribution in [1.29, 1.82) is 0 Å². The van der Waals surface area contributed by atoms with Crippen molar-refractivity contribution in [2.75, 3.05) is 6.54 Å². The summed E-state index contributed by atoms with van der Waals surface area (Å²) in [7, 11) is 0. The van der Waals surface area contributed by atoms with Gasteiger partial charge < -0.3 is 10.1 Å². The van der Waals surface area contributed by atoms with Gasteiger partial charge in [0.15, 0.2) is 0 Å². The van der Waals surface area contributed by atoms with Gasteiger partial charge in [-0.2, -0.15) is 4.39 Å². The fourth-order valence-electron chi connectivity index (χ4n) is 1.38. The summed E-state index contributed by atoms with van der Waals surface area (Å²) in [5, 5.41) is 2.38. The highest BCUT2D eigenvalue weighted by Gasteiger charge is 2.10. The number of nitrogens with one attached hydrogen (secondary N) is 2. The number of rotatable bonds is 5. The van der Waals surface area contributed by atoms with Gasteiger partial charge in [0.05, 0.1) is 6.20 Å². The molecule has 104 valence electrons. The van der Waals surface area contributed by atoms with E-state index in [4.69, 9.17) is 0 Å². The molecule has 1 rings (SSSR count). The topological polar surface area (TPSA) is 101 Å². The molecular formula is C11H14FN3O4. The van der Waals surface area contributed by atoms with Gasteiger partial charge in [-0.1, -0.05) is 0 Å². The maximum absolute atomic E-state index is 12.9. The third-order valence-corrected chi connectivity index (χ3v) is 2.35. The van der Waals surface area contributed by atoms with Gasteiger partial charge in [0.25, 0.3) is 5.56 Å². The standard InChI is InChI=1S/C11H14FN3O4/c1-7(16)4-2-3-5-13-10(18)15-6-8(12)9(17)14-11(15)19/h6H,2-5H2,1H3,(H,13,18)(H,14,17,19). The van der Waals surface area contributed by atoms with Crippen LogP contribution >= 0.6 is 0 Å². The number of nitrogens with zero attached hydrogens (tertiary/aromatic N) is 1. The number of Topliss-reactive ketones (excluding diaryl/α,β-unsaturated/α-hetero) is 1. The van der Waals surface area contributed by atoms with Gasteiger partial charge in [0.1, 0.15) is 5.78 Å². The van der Waals surface area contributed by atoms with Gasteiger partial charge in [0, 0.05) is 13.0 Å². The molecule has 7 nitrogen and oxygen atoms in total. The number of H-pyrrole nitrogens is 1. The van der Waals surface area contributed by atoms with Gasteiger partial charge in [0.2, 0.25) is 5.82 Å². The molecular weight excluding hydrogens is 257 g/mol. The minimum absolute atomic E-state index is 0.0604. The Hall–Kier alpha value is -2.25. The second-order valence-electron chi connectivity index (χ2n) is 4.00. The SMILES string of the molecule is CC(=O)CCCCNC(=O)n1cc(F)c(=O)[nH]c1=O. The predicted octanol–water partition coefficient (Wildman–Crippen LogP) is -0.00730. The van der Waals surface area contributed by atoms with Crippen LogP contribution in [0.25, 0.3) is 0 Å². The highest BCUT2D eigenvalue weighted by atomic mass is 19.1. The molecule has 1 amide bonds. The zero-order chi connectivity index (χ0) is 14.4. The van der Waals surface area contributed by atoms with Crippen LogP contribution in [0.2, 0.25) is 0 Å². The first-order valence-corrected chi connectivity index (χ1v) is 5.71. The van der Waals surface area contributed by atoms with Gasteiger partial charge in [-0.05, 0) is 19.8 Å². The Bertz CT molecular complexity index is 590. The molecule has 0 aliphatic carbocycles. The fourth-order valence-corrected chi connectivity index (χ4v) is 1.38. The first-order chi connectivity index (χ1) is 8.91. The molecule has 1 heterocycles. The van der Waals surface area contributed by atoms with Crippen molar-refractivity contribution in [2.24, 2.45) is 0 Å². The highest BCUT2D eigenvalue weighted by Crippen LogP contribution is 1.94. The number of carbonyl (C=O) groups excluding carboxylic acids is 2. The van der Waals surface area contributed by atoms with E-state index < -0.39 is 23.1 Å². The van der Waals surface area contributed by atoms with Crippen LogP contribution in [-0.4, -0.2) is 27.9 Å². The molecule has 0 atom stereocenters. The van der Waals surface area contributed by atoms with Crippen LogP contribution in [-0.2, 0) is 4.79 Å². The fraction of sp³-hybridized carbons (Fsp3) is 0.455. The van der Waals surface area contributed by atoms with E-state index in [1.807, 2.05) is 0 Å². The van der Waals surface area contributed by atoms with Crippen LogP contribution in [0.15, 0.2) is 15.8 Å². The first-order valence-electron chi connectivity index (χ1n) is 5.71. The molecule has 19 heavy (non-hydrogen) atoms. The minimum Gasteiger partial charge on any atom is -0.337 e. The van der Waals surface area contributed by atoms with Crippen LogP contribution in [0, 0.1) is 5.82 Å². The molecule has 0 aliphatic heterocycles. The molecule has 0 bridgehead atoms. The lowest BCUT2D eigenvalue weighted by atomic mass is 10.2. The van der Waals surface area contributed by atoms with Crippen LogP contribution in [0.4, 0.5) is 9.18 Å². The lowest BCUT2D eigenvalue weighted by Crippen LogP contribution is -2.40. The highest BCUT2D eigenvalue weighted by molar-refractivity contribution is 5.76. The molecule has 1 aromatic rings. The lowest BCUT2D eigenvalue weighted by molar-refractivity contribution is -0.117. The van der Waals surface area contributed by atoms with E-state index in [9.17, 15) is 23.6 Å². The summed E-state index contributed by atoms with van der Waals surface area (Å²) in [6.45, 7) is 1.72. The van der Waals surface area contributed by atoms with Crippen molar-refractivity contribution in [3.05, 3.63) is 32.9 Å². The molecule has 0 radical (unpaired) electrons. The minimum atomic E-state index is -1.22. The molecule has 0 unspecified atom stereocenters. The van der Waals surface area contributed by atoms with Crippen LogP contribution < -0.4 is 16.6 Å². The summed E-state index contributed by atoms with van der Waals surface area (Å²) >= 11 is 0. The van der Waals surface area contributed by atoms with Gasteiger partial charge >= 0.3 is 11.7 Å². The quantitative estimate of drug-likeness (QED) is 0.735. The molecule has 0 spiro atoms. The van der Waals surface area contributed by atoms with Crippen LogP contribution in [0.1, 0.15) is 26.2 Å². The molecule has 0 aliphatic rings. The maximum Gasteiger partial charge on any atom is 0.336 e. The Morgan fingerprint density at radius 3 is 2.68 bits per heavy atom. The lowest BCUT2D eigenvalue weighted by Gasteiger charge is -2.06. The number of halogens is 1. The molecule has 0 aromatic carbocycles. The van der Waals surface area contributed by atoms with E-state index in [2.05, 4.69) is 5.32 Å². The van der Waals surface area contributed by atoms with E-state index in [0.717, 1.165) is 0 Å². The van der Waals surface area contributed by atoms with Crippen LogP contribution in [0.3, 0.4) is 0 Å². The van der Waals surface area contributed by atoms with Crippen molar-refractivity contribution in [2.45, 2.75) is 26.2 Å². The summed E-state index contributed by atoms with van der Waals surface area (Å²) in [6.07, 6.45) is 2.13. The molecule has 0 fully saturated rings. The Labute approximate surface area is 107 Å². The maximum atomic E-state index is 12.9. The van der Waals surface area contributed by atoms with Crippen molar-refractivity contribution >= 4 is 11.8 Å². The average molecular weight is 271 g/mol. The number of aromatic nitrogens is 2. The summed E-state index contributed by atoms with van der Waals surface area (Å²) in [4.78, 5) is 45.9. The molecule has 8 heteroatoms. The van der Waals surface area contributed by atoms with Crippen molar-refractivity contribution in [1.82, 2.24) is 14.9 Å². The number of aromatic amines is 1. The van der Waals surface area contributed by atoms with Crippen molar-refractivity contribution in [3.63, 3.8) is 0 Å². The summed E-state index contributed by atoms with van der Waals surface area (Å²) in [5.41, 5.74) is -2.18. The van der Waals surface area contributed by atoms with Crippen molar-refractivity contribution < 1.29 is 14.0 Å². The van der Waals surface area contributed by atoms with Crippen molar-refractivity contribution in [3.8, 4) is 0 Å². The third-order valence-electron chi connectivity index (χ3n) is 2.35. The van der Waals surface area contributed by atoms with Crippen LogP contribution in [0.5, 0.6) is 0 Å². The summed E-state index contributed by atoms with van der Waals surface area (Å²) in [6, 6.07) is -0.831. The normalized spacial score (nSPS) is 10.2. The molecule has 0 saturated carbocycles. The number of hydrogen-bond acceptors (Lipinski definition) is 4.